The third-order valence-corrected chi connectivity index (χ3v) is 4.34. The van der Waals surface area contributed by atoms with Crippen LogP contribution in [0.4, 0.5) is 5.69 Å². The number of anilines is 1. The first kappa shape index (κ1) is 22.5. The molecule has 0 saturated carbocycles. The van der Waals surface area contributed by atoms with Gasteiger partial charge in [-0.1, -0.05) is 24.3 Å². The average molecular weight is 407 g/mol. The summed E-state index contributed by atoms with van der Waals surface area (Å²) in [6.45, 7) is 1.74. The minimum Gasteiger partial charge on any atom is -0.497 e. The summed E-state index contributed by atoms with van der Waals surface area (Å²) in [6, 6.07) is 16.4. The second-order valence-corrected chi connectivity index (χ2v) is 6.77. The van der Waals surface area contributed by atoms with Crippen molar-refractivity contribution < 1.29 is 19.1 Å². The third kappa shape index (κ3) is 6.38. The van der Waals surface area contributed by atoms with Crippen molar-refractivity contribution in [3.63, 3.8) is 0 Å². The summed E-state index contributed by atoms with van der Waals surface area (Å²) in [5, 5.41) is 12.0. The smallest absolute Gasteiger partial charge is 0.349 e. The molecule has 0 spiro atoms. The molecule has 1 atom stereocenters. The molecule has 0 heterocycles. The summed E-state index contributed by atoms with van der Waals surface area (Å²) in [5.41, 5.74) is 2.38. The molecule has 30 heavy (non-hydrogen) atoms. The highest BCUT2D eigenvalue weighted by Gasteiger charge is 2.20. The average Bonchev–Trinajstić information content (AvgIpc) is 2.76. The van der Waals surface area contributed by atoms with Gasteiger partial charge in [0.2, 0.25) is 0 Å². The van der Waals surface area contributed by atoms with Crippen molar-refractivity contribution in [3.8, 4) is 11.8 Å². The van der Waals surface area contributed by atoms with E-state index in [0.717, 1.165) is 17.0 Å². The Balaban J connectivity index is 1.94. The molecule has 0 radical (unpaired) electrons. The van der Waals surface area contributed by atoms with Gasteiger partial charge in [-0.05, 0) is 48.4 Å². The van der Waals surface area contributed by atoms with E-state index in [4.69, 9.17) is 9.47 Å². The maximum atomic E-state index is 12.3. The van der Waals surface area contributed by atoms with Crippen molar-refractivity contribution >= 4 is 23.6 Å². The van der Waals surface area contributed by atoms with Gasteiger partial charge in [-0.2, -0.15) is 5.26 Å². The highest BCUT2D eigenvalue weighted by molar-refractivity contribution is 5.99. The Labute approximate surface area is 176 Å². The van der Waals surface area contributed by atoms with Gasteiger partial charge in [0.25, 0.3) is 5.91 Å². The topological polar surface area (TPSA) is 91.7 Å². The van der Waals surface area contributed by atoms with E-state index in [1.807, 2.05) is 49.3 Å². The predicted molar refractivity (Wildman–Crippen MR) is 115 cm³/mol. The van der Waals surface area contributed by atoms with Crippen LogP contribution in [0.2, 0.25) is 0 Å². The van der Waals surface area contributed by atoms with E-state index >= 15 is 0 Å². The summed E-state index contributed by atoms with van der Waals surface area (Å²) in [6.07, 6.45) is 0.396. The first-order valence-corrected chi connectivity index (χ1v) is 9.35. The lowest BCUT2D eigenvalue weighted by molar-refractivity contribution is -0.150. The van der Waals surface area contributed by atoms with Crippen LogP contribution in [0.3, 0.4) is 0 Å². The number of rotatable bonds is 8. The van der Waals surface area contributed by atoms with Crippen LogP contribution in [0.1, 0.15) is 18.1 Å². The van der Waals surface area contributed by atoms with E-state index in [9.17, 15) is 14.9 Å². The fourth-order valence-corrected chi connectivity index (χ4v) is 2.53. The van der Waals surface area contributed by atoms with Crippen LogP contribution in [0, 0.1) is 11.3 Å². The number of esters is 1. The van der Waals surface area contributed by atoms with Gasteiger partial charge in [0.05, 0.1) is 7.11 Å². The molecule has 0 aromatic heterocycles. The van der Waals surface area contributed by atoms with Gasteiger partial charge >= 0.3 is 5.97 Å². The molecule has 0 aliphatic heterocycles. The first-order chi connectivity index (χ1) is 14.3. The maximum Gasteiger partial charge on any atom is 0.349 e. The Morgan fingerprint density at radius 3 is 2.30 bits per heavy atom. The molecule has 1 amide bonds. The molecule has 0 unspecified atom stereocenters. The minimum atomic E-state index is -1.04. The SMILES string of the molecule is COc1ccc(CNC(=O)[C@@H](C)OC(=O)/C(C#N)=C/c2ccc(N(C)C)cc2)cc1. The second-order valence-electron chi connectivity index (χ2n) is 6.77. The molecule has 156 valence electrons. The van der Waals surface area contributed by atoms with Crippen molar-refractivity contribution in [2.75, 3.05) is 26.1 Å². The molecule has 0 aliphatic carbocycles. The summed E-state index contributed by atoms with van der Waals surface area (Å²) >= 11 is 0. The molecule has 7 heteroatoms. The largest absolute Gasteiger partial charge is 0.497 e. The van der Waals surface area contributed by atoms with Crippen molar-refractivity contribution in [1.82, 2.24) is 5.32 Å². The lowest BCUT2D eigenvalue weighted by atomic mass is 10.1. The molecular weight excluding hydrogens is 382 g/mol. The van der Waals surface area contributed by atoms with Crippen molar-refractivity contribution in [2.45, 2.75) is 19.6 Å². The Morgan fingerprint density at radius 2 is 1.77 bits per heavy atom. The molecule has 0 fully saturated rings. The molecule has 0 saturated heterocycles. The molecule has 2 aromatic rings. The number of benzene rings is 2. The number of hydrogen-bond acceptors (Lipinski definition) is 6. The van der Waals surface area contributed by atoms with Gasteiger partial charge in [-0.3, -0.25) is 4.79 Å². The standard InChI is InChI=1S/C23H25N3O4/c1-16(22(27)25-15-18-7-11-21(29-4)12-8-18)30-23(28)19(14-24)13-17-5-9-20(10-6-17)26(2)3/h5-13,16H,15H2,1-4H3,(H,25,27)/b19-13+/t16-/m1/s1. The summed E-state index contributed by atoms with van der Waals surface area (Å²) in [7, 11) is 5.42. The Morgan fingerprint density at radius 1 is 1.13 bits per heavy atom. The zero-order chi connectivity index (χ0) is 22.1. The summed E-state index contributed by atoms with van der Waals surface area (Å²) in [5.74, 6) is -0.576. The number of nitrogens with one attached hydrogen (secondary N) is 1. The number of nitrogens with zero attached hydrogens (tertiary/aromatic N) is 2. The highest BCUT2D eigenvalue weighted by Crippen LogP contribution is 2.15. The Bertz CT molecular complexity index is 942. The second kappa shape index (κ2) is 10.7. The van der Waals surface area contributed by atoms with Crippen LogP contribution in [-0.4, -0.2) is 39.2 Å². The number of nitriles is 1. The third-order valence-electron chi connectivity index (χ3n) is 4.34. The maximum absolute atomic E-state index is 12.3. The fourth-order valence-electron chi connectivity index (χ4n) is 2.53. The number of amides is 1. The van der Waals surface area contributed by atoms with Crippen LogP contribution in [0.25, 0.3) is 6.08 Å². The van der Waals surface area contributed by atoms with Crippen LogP contribution in [0.15, 0.2) is 54.1 Å². The van der Waals surface area contributed by atoms with E-state index in [-0.39, 0.29) is 12.1 Å². The molecule has 2 aromatic carbocycles. The Kier molecular flexibility index (Phi) is 8.00. The van der Waals surface area contributed by atoms with E-state index in [1.54, 1.807) is 31.4 Å². The zero-order valence-electron chi connectivity index (χ0n) is 17.5. The first-order valence-electron chi connectivity index (χ1n) is 9.35. The number of ether oxygens (including phenoxy) is 2. The van der Waals surface area contributed by atoms with Crippen LogP contribution in [-0.2, 0) is 20.9 Å². The van der Waals surface area contributed by atoms with Gasteiger partial charge in [0.15, 0.2) is 6.10 Å². The minimum absolute atomic E-state index is 0.178. The molecule has 2 rings (SSSR count). The quantitative estimate of drug-likeness (QED) is 0.411. The number of hydrogen-bond donors (Lipinski definition) is 1. The zero-order valence-corrected chi connectivity index (χ0v) is 17.5. The van der Waals surface area contributed by atoms with Crippen molar-refractivity contribution in [2.24, 2.45) is 0 Å². The monoisotopic (exact) mass is 407 g/mol. The number of carbonyl (C=O) groups is 2. The molecule has 7 nitrogen and oxygen atoms in total. The normalized spacial score (nSPS) is 11.8. The number of carbonyl (C=O) groups excluding carboxylic acids is 2. The van der Waals surface area contributed by atoms with Crippen LogP contribution >= 0.6 is 0 Å². The highest BCUT2D eigenvalue weighted by atomic mass is 16.5. The molecular formula is C23H25N3O4. The predicted octanol–water partition coefficient (Wildman–Crippen LogP) is 2.92. The van der Waals surface area contributed by atoms with E-state index in [1.165, 1.54) is 13.0 Å². The van der Waals surface area contributed by atoms with Gasteiger partial charge < -0.3 is 19.7 Å². The molecule has 0 bridgehead atoms. The van der Waals surface area contributed by atoms with Crippen molar-refractivity contribution in [3.05, 3.63) is 65.2 Å². The lowest BCUT2D eigenvalue weighted by Gasteiger charge is -2.14. The van der Waals surface area contributed by atoms with Gasteiger partial charge in [-0.15, -0.1) is 0 Å². The van der Waals surface area contributed by atoms with Gasteiger partial charge in [0, 0.05) is 26.3 Å². The van der Waals surface area contributed by atoms with E-state index in [2.05, 4.69) is 5.32 Å². The molecule has 1 N–H and O–H groups in total. The van der Waals surface area contributed by atoms with Gasteiger partial charge in [-0.25, -0.2) is 4.79 Å². The van der Waals surface area contributed by atoms with E-state index in [0.29, 0.717) is 5.56 Å². The summed E-state index contributed by atoms with van der Waals surface area (Å²) in [4.78, 5) is 26.5. The molecule has 0 aliphatic rings. The van der Waals surface area contributed by atoms with Gasteiger partial charge in [0.1, 0.15) is 17.4 Å². The number of methoxy groups -OCH3 is 1. The Hall–Kier alpha value is -3.79. The van der Waals surface area contributed by atoms with Crippen LogP contribution < -0.4 is 15.0 Å². The van der Waals surface area contributed by atoms with Crippen LogP contribution in [0.5, 0.6) is 5.75 Å². The van der Waals surface area contributed by atoms with E-state index < -0.39 is 18.0 Å². The summed E-state index contributed by atoms with van der Waals surface area (Å²) < 4.78 is 10.2. The lowest BCUT2D eigenvalue weighted by Crippen LogP contribution is -2.35. The fraction of sp³-hybridized carbons (Fsp3) is 0.261. The van der Waals surface area contributed by atoms with Crippen molar-refractivity contribution in [1.29, 1.82) is 5.26 Å².